The van der Waals surface area contributed by atoms with Gasteiger partial charge in [-0.1, -0.05) is 18.2 Å². The molecule has 1 N–H and O–H groups in total. The van der Waals surface area contributed by atoms with Crippen molar-refractivity contribution in [3.63, 3.8) is 0 Å². The summed E-state index contributed by atoms with van der Waals surface area (Å²) in [5, 5.41) is 3.40. The SMILES string of the molecule is CN(C)c1ccc(-c2ncccc2CN2CCNCC2)cc1. The maximum Gasteiger partial charge on any atom is 0.0746 e. The Bertz CT molecular complexity index is 601. The number of hydrogen-bond donors (Lipinski definition) is 1. The molecule has 0 atom stereocenters. The summed E-state index contributed by atoms with van der Waals surface area (Å²) in [6.45, 7) is 5.34. The summed E-state index contributed by atoms with van der Waals surface area (Å²) in [7, 11) is 4.12. The second-order valence-corrected chi connectivity index (χ2v) is 5.98. The van der Waals surface area contributed by atoms with Crippen LogP contribution in [0.3, 0.4) is 0 Å². The van der Waals surface area contributed by atoms with Gasteiger partial charge < -0.3 is 10.2 Å². The minimum atomic E-state index is 0.973. The molecule has 0 spiro atoms. The number of anilines is 1. The first kappa shape index (κ1) is 15.0. The van der Waals surface area contributed by atoms with Crippen molar-refractivity contribution in [1.29, 1.82) is 0 Å². The minimum Gasteiger partial charge on any atom is -0.378 e. The number of pyridine rings is 1. The number of nitrogens with one attached hydrogen (secondary N) is 1. The molecule has 4 nitrogen and oxygen atoms in total. The lowest BCUT2D eigenvalue weighted by molar-refractivity contribution is 0.233. The number of benzene rings is 1. The van der Waals surface area contributed by atoms with Crippen molar-refractivity contribution in [2.45, 2.75) is 6.54 Å². The summed E-state index contributed by atoms with van der Waals surface area (Å²) >= 11 is 0. The fourth-order valence-corrected chi connectivity index (χ4v) is 2.85. The third-order valence-electron chi connectivity index (χ3n) is 4.15. The molecule has 0 aliphatic carbocycles. The summed E-state index contributed by atoms with van der Waals surface area (Å²) in [4.78, 5) is 9.24. The molecule has 4 heteroatoms. The van der Waals surface area contributed by atoms with Gasteiger partial charge in [0.1, 0.15) is 0 Å². The van der Waals surface area contributed by atoms with E-state index < -0.39 is 0 Å². The molecule has 1 saturated heterocycles. The van der Waals surface area contributed by atoms with Crippen LogP contribution in [0.25, 0.3) is 11.3 Å². The van der Waals surface area contributed by atoms with E-state index in [2.05, 4.69) is 64.5 Å². The molecule has 22 heavy (non-hydrogen) atoms. The van der Waals surface area contributed by atoms with Crippen LogP contribution in [0.1, 0.15) is 5.56 Å². The van der Waals surface area contributed by atoms with Crippen LogP contribution >= 0.6 is 0 Å². The highest BCUT2D eigenvalue weighted by atomic mass is 15.2. The third kappa shape index (κ3) is 3.46. The summed E-state index contributed by atoms with van der Waals surface area (Å²) in [6.07, 6.45) is 1.89. The Hall–Kier alpha value is -1.91. The van der Waals surface area contributed by atoms with Gasteiger partial charge in [0, 0.05) is 64.3 Å². The maximum atomic E-state index is 4.63. The van der Waals surface area contributed by atoms with Crippen LogP contribution in [0.5, 0.6) is 0 Å². The second kappa shape index (κ2) is 6.90. The first-order valence-electron chi connectivity index (χ1n) is 7.89. The van der Waals surface area contributed by atoms with Gasteiger partial charge in [0.25, 0.3) is 0 Å². The van der Waals surface area contributed by atoms with Crippen LogP contribution in [-0.4, -0.2) is 50.2 Å². The minimum absolute atomic E-state index is 0.973. The lowest BCUT2D eigenvalue weighted by Gasteiger charge is -2.27. The smallest absolute Gasteiger partial charge is 0.0746 e. The Labute approximate surface area is 132 Å². The van der Waals surface area contributed by atoms with E-state index in [-0.39, 0.29) is 0 Å². The highest BCUT2D eigenvalue weighted by Crippen LogP contribution is 2.24. The molecule has 0 amide bonds. The first-order chi connectivity index (χ1) is 10.7. The number of rotatable bonds is 4. The number of hydrogen-bond acceptors (Lipinski definition) is 4. The van der Waals surface area contributed by atoms with Crippen molar-refractivity contribution in [3.8, 4) is 11.3 Å². The van der Waals surface area contributed by atoms with Crippen LogP contribution in [-0.2, 0) is 6.54 Å². The Morgan fingerprint density at radius 2 is 1.82 bits per heavy atom. The average Bonchev–Trinajstić information content (AvgIpc) is 2.56. The maximum absolute atomic E-state index is 4.63. The fourth-order valence-electron chi connectivity index (χ4n) is 2.85. The molecule has 0 saturated carbocycles. The molecule has 1 aromatic carbocycles. The lowest BCUT2D eigenvalue weighted by atomic mass is 10.0. The van der Waals surface area contributed by atoms with E-state index in [4.69, 9.17) is 0 Å². The van der Waals surface area contributed by atoms with E-state index in [9.17, 15) is 0 Å². The second-order valence-electron chi connectivity index (χ2n) is 5.98. The first-order valence-corrected chi connectivity index (χ1v) is 7.89. The molecule has 116 valence electrons. The topological polar surface area (TPSA) is 31.4 Å². The number of piperazine rings is 1. The number of nitrogens with zero attached hydrogens (tertiary/aromatic N) is 3. The standard InChI is InChI=1S/C18H24N4/c1-21(2)17-7-5-15(6-8-17)18-16(4-3-9-20-18)14-22-12-10-19-11-13-22/h3-9,19H,10-14H2,1-2H3. The molecule has 2 heterocycles. The van der Waals surface area contributed by atoms with Gasteiger partial charge in [-0.15, -0.1) is 0 Å². The Kier molecular flexibility index (Phi) is 4.71. The molecular formula is C18H24N4. The molecule has 1 aliphatic rings. The van der Waals surface area contributed by atoms with Crippen molar-refractivity contribution in [2.24, 2.45) is 0 Å². The summed E-state index contributed by atoms with van der Waals surface area (Å²) in [5.74, 6) is 0. The van der Waals surface area contributed by atoms with Gasteiger partial charge in [0.15, 0.2) is 0 Å². The molecular weight excluding hydrogens is 272 g/mol. The van der Waals surface area contributed by atoms with Gasteiger partial charge in [0.05, 0.1) is 5.69 Å². The summed E-state index contributed by atoms with van der Waals surface area (Å²) < 4.78 is 0. The zero-order valence-electron chi connectivity index (χ0n) is 13.4. The van der Waals surface area contributed by atoms with Crippen LogP contribution < -0.4 is 10.2 Å². The van der Waals surface area contributed by atoms with E-state index in [1.54, 1.807) is 0 Å². The van der Waals surface area contributed by atoms with Crippen LogP contribution in [0.15, 0.2) is 42.6 Å². The molecule has 1 fully saturated rings. The van der Waals surface area contributed by atoms with Crippen molar-refractivity contribution < 1.29 is 0 Å². The molecule has 1 aromatic heterocycles. The van der Waals surface area contributed by atoms with Gasteiger partial charge >= 0.3 is 0 Å². The molecule has 3 rings (SSSR count). The summed E-state index contributed by atoms with van der Waals surface area (Å²) in [5.41, 5.74) is 4.81. The molecule has 0 unspecified atom stereocenters. The van der Waals surface area contributed by atoms with Crippen molar-refractivity contribution in [1.82, 2.24) is 15.2 Å². The fraction of sp³-hybridized carbons (Fsp3) is 0.389. The highest BCUT2D eigenvalue weighted by Gasteiger charge is 2.13. The van der Waals surface area contributed by atoms with E-state index in [1.165, 1.54) is 16.8 Å². The van der Waals surface area contributed by atoms with Crippen molar-refractivity contribution in [2.75, 3.05) is 45.2 Å². The van der Waals surface area contributed by atoms with Crippen LogP contribution in [0.2, 0.25) is 0 Å². The van der Waals surface area contributed by atoms with Crippen LogP contribution in [0, 0.1) is 0 Å². The van der Waals surface area contributed by atoms with Gasteiger partial charge in [-0.25, -0.2) is 0 Å². The van der Waals surface area contributed by atoms with Crippen molar-refractivity contribution in [3.05, 3.63) is 48.2 Å². The third-order valence-corrected chi connectivity index (χ3v) is 4.15. The van der Waals surface area contributed by atoms with Crippen LogP contribution in [0.4, 0.5) is 5.69 Å². The van der Waals surface area contributed by atoms with E-state index in [0.29, 0.717) is 0 Å². The van der Waals surface area contributed by atoms with Gasteiger partial charge in [0.2, 0.25) is 0 Å². The van der Waals surface area contributed by atoms with Gasteiger partial charge in [-0.2, -0.15) is 0 Å². The quantitative estimate of drug-likeness (QED) is 0.937. The van der Waals surface area contributed by atoms with Gasteiger partial charge in [-0.05, 0) is 23.8 Å². The largest absolute Gasteiger partial charge is 0.378 e. The zero-order chi connectivity index (χ0) is 15.4. The summed E-state index contributed by atoms with van der Waals surface area (Å²) in [6, 6.07) is 12.9. The predicted molar refractivity (Wildman–Crippen MR) is 92.1 cm³/mol. The predicted octanol–water partition coefficient (Wildman–Crippen LogP) is 2.22. The Morgan fingerprint density at radius 1 is 1.09 bits per heavy atom. The number of aromatic nitrogens is 1. The van der Waals surface area contributed by atoms with E-state index in [1.807, 2.05) is 12.3 Å². The average molecular weight is 296 g/mol. The Balaban J connectivity index is 1.83. The zero-order valence-corrected chi connectivity index (χ0v) is 13.4. The van der Waals surface area contributed by atoms with E-state index in [0.717, 1.165) is 38.4 Å². The van der Waals surface area contributed by atoms with Crippen molar-refractivity contribution >= 4 is 5.69 Å². The monoisotopic (exact) mass is 296 g/mol. The lowest BCUT2D eigenvalue weighted by Crippen LogP contribution is -2.42. The Morgan fingerprint density at radius 3 is 2.50 bits per heavy atom. The molecule has 1 aliphatic heterocycles. The van der Waals surface area contributed by atoms with Gasteiger partial charge in [-0.3, -0.25) is 9.88 Å². The highest BCUT2D eigenvalue weighted by molar-refractivity contribution is 5.65. The normalized spacial score (nSPS) is 15.7. The van der Waals surface area contributed by atoms with E-state index >= 15 is 0 Å². The molecule has 0 bridgehead atoms. The molecule has 0 radical (unpaired) electrons. The molecule has 2 aromatic rings.